The van der Waals surface area contributed by atoms with E-state index < -0.39 is 17.8 Å². The number of H-pyrrole nitrogens is 1. The molecule has 26 heavy (non-hydrogen) atoms. The molecule has 0 saturated carbocycles. The van der Waals surface area contributed by atoms with Crippen LogP contribution in [0.4, 0.5) is 0 Å². The van der Waals surface area contributed by atoms with E-state index in [1.54, 1.807) is 29.9 Å². The van der Waals surface area contributed by atoms with Gasteiger partial charge >= 0.3 is 11.7 Å². The number of carbonyl (C=O) groups is 1. The smallest absolute Gasteiger partial charge is 0.417 e. The number of aromatic amines is 1. The maximum Gasteiger partial charge on any atom is 0.417 e. The first-order chi connectivity index (χ1) is 12.6. The van der Waals surface area contributed by atoms with Gasteiger partial charge in [-0.2, -0.15) is 0 Å². The number of benzene rings is 2. The largest absolute Gasteiger partial charge is 0.452 e. The normalized spacial score (nSPS) is 12.2. The predicted molar refractivity (Wildman–Crippen MR) is 92.0 cm³/mol. The van der Waals surface area contributed by atoms with Crippen LogP contribution in [0.15, 0.2) is 63.9 Å². The van der Waals surface area contributed by atoms with Gasteiger partial charge in [0.1, 0.15) is 17.4 Å². The third-order valence-corrected chi connectivity index (χ3v) is 3.90. The fourth-order valence-electron chi connectivity index (χ4n) is 2.59. The van der Waals surface area contributed by atoms with Crippen molar-refractivity contribution < 1.29 is 13.9 Å². The lowest BCUT2D eigenvalue weighted by molar-refractivity contribution is 0.0330. The van der Waals surface area contributed by atoms with E-state index in [0.717, 1.165) is 5.69 Å². The molecule has 0 aliphatic heterocycles. The first-order valence-electron chi connectivity index (χ1n) is 7.92. The lowest BCUT2D eigenvalue weighted by Crippen LogP contribution is -2.10. The summed E-state index contributed by atoms with van der Waals surface area (Å²) >= 11 is 0. The molecule has 2 heterocycles. The Balaban J connectivity index is 1.56. The van der Waals surface area contributed by atoms with Crippen molar-refractivity contribution in [3.8, 4) is 5.69 Å². The molecule has 0 spiro atoms. The van der Waals surface area contributed by atoms with E-state index in [9.17, 15) is 9.59 Å². The van der Waals surface area contributed by atoms with E-state index in [1.165, 1.54) is 6.07 Å². The number of aromatic nitrogens is 4. The summed E-state index contributed by atoms with van der Waals surface area (Å²) in [5.41, 5.74) is 2.13. The molecule has 0 bridgehead atoms. The van der Waals surface area contributed by atoms with Crippen molar-refractivity contribution in [1.29, 1.82) is 0 Å². The van der Waals surface area contributed by atoms with Crippen molar-refractivity contribution in [2.75, 3.05) is 0 Å². The van der Waals surface area contributed by atoms with Gasteiger partial charge in [-0.25, -0.2) is 14.3 Å². The molecule has 2 aromatic carbocycles. The molecule has 8 nitrogen and oxygen atoms in total. The Morgan fingerprint density at radius 3 is 2.81 bits per heavy atom. The minimum absolute atomic E-state index is 0.169. The lowest BCUT2D eigenvalue weighted by atomic mass is 10.2. The number of hydrogen-bond donors (Lipinski definition) is 1. The molecule has 130 valence electrons. The highest BCUT2D eigenvalue weighted by Crippen LogP contribution is 2.21. The number of nitrogens with zero attached hydrogens (tertiary/aromatic N) is 3. The summed E-state index contributed by atoms with van der Waals surface area (Å²) < 4.78 is 12.1. The molecule has 0 saturated heterocycles. The van der Waals surface area contributed by atoms with Crippen molar-refractivity contribution in [1.82, 2.24) is 20.0 Å². The molecule has 8 heteroatoms. The van der Waals surface area contributed by atoms with Gasteiger partial charge in [-0.1, -0.05) is 29.5 Å². The van der Waals surface area contributed by atoms with Gasteiger partial charge < -0.3 is 9.15 Å². The molecular weight excluding hydrogens is 336 g/mol. The van der Waals surface area contributed by atoms with Gasteiger partial charge in [-0.3, -0.25) is 4.98 Å². The molecule has 0 unspecified atom stereocenters. The monoisotopic (exact) mass is 350 g/mol. The SMILES string of the molecule is C[C@@H](OC(=O)c1cccc2[nH]c(=O)oc12)c1cn(-c2ccccc2)nn1. The molecule has 4 rings (SSSR count). The number of ether oxygens (including phenoxy) is 1. The van der Waals surface area contributed by atoms with Crippen LogP contribution in [-0.4, -0.2) is 25.9 Å². The zero-order valence-electron chi connectivity index (χ0n) is 13.7. The van der Waals surface area contributed by atoms with E-state index in [-0.39, 0.29) is 11.1 Å². The van der Waals surface area contributed by atoms with Crippen molar-refractivity contribution in [2.24, 2.45) is 0 Å². The number of para-hydroxylation sites is 2. The van der Waals surface area contributed by atoms with Gasteiger partial charge in [0.15, 0.2) is 5.58 Å². The maximum absolute atomic E-state index is 12.5. The van der Waals surface area contributed by atoms with Crippen LogP contribution < -0.4 is 5.76 Å². The summed E-state index contributed by atoms with van der Waals surface area (Å²) in [6.07, 6.45) is 1.07. The zero-order valence-corrected chi connectivity index (χ0v) is 13.7. The summed E-state index contributed by atoms with van der Waals surface area (Å²) in [5.74, 6) is -1.24. The molecule has 4 aromatic rings. The molecule has 1 atom stereocenters. The molecule has 0 radical (unpaired) electrons. The van der Waals surface area contributed by atoms with Crippen LogP contribution in [0.3, 0.4) is 0 Å². The minimum atomic E-state index is -0.626. The molecule has 0 fully saturated rings. The number of oxazole rings is 1. The molecule has 0 aliphatic rings. The summed E-state index contributed by atoms with van der Waals surface area (Å²) in [6.45, 7) is 1.70. The fraction of sp³-hybridized carbons (Fsp3) is 0.111. The molecule has 1 N–H and O–H groups in total. The number of carbonyl (C=O) groups excluding carboxylic acids is 1. The standard InChI is InChI=1S/C18H14N4O4/c1-11(15-10-22(21-20-15)12-6-3-2-4-7-12)25-17(23)13-8-5-9-14-16(13)26-18(24)19-14/h2-11H,1H3,(H,19,24)/t11-/m1/s1. The summed E-state index contributed by atoms with van der Waals surface area (Å²) in [4.78, 5) is 26.3. The highest BCUT2D eigenvalue weighted by molar-refractivity contribution is 6.00. The third-order valence-electron chi connectivity index (χ3n) is 3.90. The van der Waals surface area contributed by atoms with Gasteiger partial charge in [-0.15, -0.1) is 5.10 Å². The van der Waals surface area contributed by atoms with Gasteiger partial charge in [-0.05, 0) is 31.2 Å². The van der Waals surface area contributed by atoms with E-state index in [4.69, 9.17) is 9.15 Å². The molecule has 0 aliphatic carbocycles. The number of nitrogens with one attached hydrogen (secondary N) is 1. The van der Waals surface area contributed by atoms with Crippen LogP contribution in [0.25, 0.3) is 16.8 Å². The van der Waals surface area contributed by atoms with Crippen molar-refractivity contribution in [2.45, 2.75) is 13.0 Å². The summed E-state index contributed by atoms with van der Waals surface area (Å²) in [7, 11) is 0. The Bertz CT molecular complexity index is 1130. The van der Waals surface area contributed by atoms with E-state index in [0.29, 0.717) is 11.2 Å². The fourth-order valence-corrected chi connectivity index (χ4v) is 2.59. The second-order valence-electron chi connectivity index (χ2n) is 5.67. The number of fused-ring (bicyclic) bond motifs is 1. The van der Waals surface area contributed by atoms with Crippen molar-refractivity contribution in [3.63, 3.8) is 0 Å². The van der Waals surface area contributed by atoms with Crippen molar-refractivity contribution >= 4 is 17.1 Å². The Morgan fingerprint density at radius 2 is 2.00 bits per heavy atom. The first kappa shape index (κ1) is 15.8. The zero-order chi connectivity index (χ0) is 18.1. The maximum atomic E-state index is 12.5. The molecule has 2 aromatic heterocycles. The second-order valence-corrected chi connectivity index (χ2v) is 5.67. The Hall–Kier alpha value is -3.68. The predicted octanol–water partition coefficient (Wildman–Crippen LogP) is 2.62. The van der Waals surface area contributed by atoms with E-state index in [1.807, 2.05) is 30.3 Å². The average Bonchev–Trinajstić information content (AvgIpc) is 3.28. The number of rotatable bonds is 4. The Morgan fingerprint density at radius 1 is 1.19 bits per heavy atom. The lowest BCUT2D eigenvalue weighted by Gasteiger charge is -2.10. The van der Waals surface area contributed by atoms with Crippen LogP contribution in [0, 0.1) is 0 Å². The highest BCUT2D eigenvalue weighted by atomic mass is 16.5. The van der Waals surface area contributed by atoms with Gasteiger partial charge in [0.2, 0.25) is 0 Å². The quantitative estimate of drug-likeness (QED) is 0.568. The van der Waals surface area contributed by atoms with Crippen LogP contribution in [-0.2, 0) is 4.74 Å². The summed E-state index contributed by atoms with van der Waals surface area (Å²) in [5, 5.41) is 8.11. The first-order valence-corrected chi connectivity index (χ1v) is 7.92. The minimum Gasteiger partial charge on any atom is -0.452 e. The number of esters is 1. The number of hydrogen-bond acceptors (Lipinski definition) is 6. The third kappa shape index (κ3) is 2.88. The Labute approximate surface area is 147 Å². The van der Waals surface area contributed by atoms with Crippen molar-refractivity contribution in [3.05, 3.63) is 76.5 Å². The van der Waals surface area contributed by atoms with Crippen LogP contribution >= 0.6 is 0 Å². The van der Waals surface area contributed by atoms with Crippen LogP contribution in [0.5, 0.6) is 0 Å². The topological polar surface area (TPSA) is 103 Å². The van der Waals surface area contributed by atoms with Crippen LogP contribution in [0.1, 0.15) is 29.1 Å². The van der Waals surface area contributed by atoms with Gasteiger partial charge in [0.05, 0.1) is 17.4 Å². The molecular formula is C18H14N4O4. The van der Waals surface area contributed by atoms with E-state index >= 15 is 0 Å². The van der Waals surface area contributed by atoms with Gasteiger partial charge in [0, 0.05) is 0 Å². The van der Waals surface area contributed by atoms with E-state index in [2.05, 4.69) is 15.3 Å². The van der Waals surface area contributed by atoms with Crippen LogP contribution in [0.2, 0.25) is 0 Å². The average molecular weight is 350 g/mol. The second kappa shape index (κ2) is 6.32. The summed E-state index contributed by atoms with van der Waals surface area (Å²) in [6, 6.07) is 14.3. The Kier molecular flexibility index (Phi) is 3.85. The van der Waals surface area contributed by atoms with Gasteiger partial charge in [0.25, 0.3) is 0 Å². The highest BCUT2D eigenvalue weighted by Gasteiger charge is 2.20. The molecule has 0 amide bonds.